The highest BCUT2D eigenvalue weighted by atomic mass is 16.3. The molecule has 0 aromatic rings. The van der Waals surface area contributed by atoms with Crippen molar-refractivity contribution in [1.29, 1.82) is 0 Å². The Labute approximate surface area is 454 Å². The Bertz CT molecular complexity index is 1730. The van der Waals surface area contributed by atoms with Gasteiger partial charge in [-0.2, -0.15) is 0 Å². The zero-order chi connectivity index (χ0) is 55.1. The van der Waals surface area contributed by atoms with Crippen LogP contribution in [0.25, 0.3) is 0 Å². The summed E-state index contributed by atoms with van der Waals surface area (Å²) in [5.41, 5.74) is 0.495. The molecule has 6 aliphatic heterocycles. The Balaban J connectivity index is 0.000000167. The quantitative estimate of drug-likeness (QED) is 0.263. The minimum atomic E-state index is 0.0156. The van der Waals surface area contributed by atoms with Crippen LogP contribution in [-0.4, -0.2) is 292 Å². The third kappa shape index (κ3) is 20.0. The molecule has 0 aromatic carbocycles. The first kappa shape index (κ1) is 63.3. The molecule has 75 heavy (non-hydrogen) atoms. The SMILES string of the molecule is CC1CC1C(=O)N1CCN(C)CC1.CCC1(CO)CCN(C)CC1.CN1CCC(C)(CO)CC1.CN1CCN(C(=O)C2(C)CC2)CC1.CN1CCN(C(=O)C2CC2)C(CO)C1.CN1CCN(C(=O)C2CC2)CC1CO. The van der Waals surface area contributed by atoms with Gasteiger partial charge in [-0.05, 0) is 162 Å². The maximum absolute atomic E-state index is 11.9. The van der Waals surface area contributed by atoms with Crippen molar-refractivity contribution in [3.05, 3.63) is 0 Å². The van der Waals surface area contributed by atoms with Crippen LogP contribution in [0.4, 0.5) is 0 Å². The maximum Gasteiger partial charge on any atom is 0.228 e. The monoisotopic (exact) mass is 1060 g/mol. The number of piperidine rings is 2. The molecule has 10 fully saturated rings. The van der Waals surface area contributed by atoms with Crippen molar-refractivity contribution in [3.8, 4) is 0 Å². The van der Waals surface area contributed by atoms with E-state index in [4.69, 9.17) is 10.2 Å². The summed E-state index contributed by atoms with van der Waals surface area (Å²) in [4.78, 5) is 68.6. The van der Waals surface area contributed by atoms with Gasteiger partial charge < -0.3 is 64.5 Å². The Morgan fingerprint density at radius 1 is 0.480 bits per heavy atom. The number of aliphatic hydroxyl groups excluding tert-OH is 4. The summed E-state index contributed by atoms with van der Waals surface area (Å²) in [7, 11) is 12.5. The second kappa shape index (κ2) is 29.6. The lowest BCUT2D eigenvalue weighted by atomic mass is 9.77. The summed E-state index contributed by atoms with van der Waals surface area (Å²) in [5.74, 6) is 2.94. The normalized spacial score (nSPS) is 29.0. The number of likely N-dealkylation sites (N-methyl/N-ethyl adjacent to an activating group) is 4. The lowest BCUT2D eigenvalue weighted by molar-refractivity contribution is -0.139. The molecule has 4 saturated carbocycles. The van der Waals surface area contributed by atoms with Crippen LogP contribution in [0.2, 0.25) is 0 Å². The lowest BCUT2D eigenvalue weighted by Gasteiger charge is -2.39. The third-order valence-electron chi connectivity index (χ3n) is 18.6. The van der Waals surface area contributed by atoms with Gasteiger partial charge >= 0.3 is 0 Å². The van der Waals surface area contributed by atoms with Crippen LogP contribution in [0.1, 0.15) is 105 Å². The molecule has 10 aliphatic rings. The average Bonchev–Trinajstić information content (AvgIpc) is 4.18. The van der Waals surface area contributed by atoms with E-state index in [0.717, 1.165) is 188 Å². The van der Waals surface area contributed by atoms with Crippen molar-refractivity contribution < 1.29 is 39.6 Å². The maximum atomic E-state index is 11.9. The summed E-state index contributed by atoms with van der Waals surface area (Å²) < 4.78 is 0. The van der Waals surface area contributed by atoms with E-state index in [2.05, 4.69) is 85.3 Å². The highest BCUT2D eigenvalue weighted by Gasteiger charge is 2.47. The average molecular weight is 1060 g/mol. The first-order valence-corrected chi connectivity index (χ1v) is 29.4. The number of hydrogen-bond acceptors (Lipinski definition) is 14. The van der Waals surface area contributed by atoms with Crippen LogP contribution in [-0.2, 0) is 19.2 Å². The molecule has 4 amide bonds. The highest BCUT2D eigenvalue weighted by molar-refractivity contribution is 5.85. The van der Waals surface area contributed by atoms with Gasteiger partial charge in [-0.1, -0.05) is 27.7 Å². The Morgan fingerprint density at radius 2 is 0.933 bits per heavy atom. The number of nitrogens with zero attached hydrogens (tertiary/aromatic N) is 10. The Morgan fingerprint density at radius 3 is 1.37 bits per heavy atom. The lowest BCUT2D eigenvalue weighted by Crippen LogP contribution is -2.55. The first-order chi connectivity index (χ1) is 35.6. The predicted octanol–water partition coefficient (Wildman–Crippen LogP) is 1.85. The van der Waals surface area contributed by atoms with Crippen molar-refractivity contribution >= 4 is 23.6 Å². The number of carbonyl (C=O) groups is 4. The molecule has 18 heteroatoms. The molecule has 4 unspecified atom stereocenters. The van der Waals surface area contributed by atoms with Gasteiger partial charge in [-0.15, -0.1) is 0 Å². The number of carbonyl (C=O) groups excluding carboxylic acids is 4. The van der Waals surface area contributed by atoms with Crippen LogP contribution in [0.15, 0.2) is 0 Å². The van der Waals surface area contributed by atoms with Gasteiger partial charge in [0.25, 0.3) is 0 Å². The van der Waals surface area contributed by atoms with Gasteiger partial charge in [0.15, 0.2) is 0 Å². The second-order valence-corrected chi connectivity index (χ2v) is 25.5. The van der Waals surface area contributed by atoms with Gasteiger partial charge in [-0.3, -0.25) is 24.1 Å². The van der Waals surface area contributed by atoms with Crippen molar-refractivity contribution in [2.75, 3.05) is 187 Å². The molecule has 0 spiro atoms. The molecule has 4 N–H and O–H groups in total. The molecule has 18 nitrogen and oxygen atoms in total. The largest absolute Gasteiger partial charge is 0.396 e. The van der Waals surface area contributed by atoms with Gasteiger partial charge in [0.1, 0.15) is 0 Å². The summed E-state index contributed by atoms with van der Waals surface area (Å²) >= 11 is 0. The summed E-state index contributed by atoms with van der Waals surface area (Å²) in [6.07, 6.45) is 13.3. The third-order valence-corrected chi connectivity index (χ3v) is 18.6. The molecule has 0 bridgehead atoms. The first-order valence-electron chi connectivity index (χ1n) is 29.4. The summed E-state index contributed by atoms with van der Waals surface area (Å²) in [6.45, 7) is 26.8. The van der Waals surface area contributed by atoms with E-state index in [1.165, 1.54) is 0 Å². The van der Waals surface area contributed by atoms with Gasteiger partial charge in [-0.25, -0.2) is 0 Å². The Kier molecular flexibility index (Phi) is 25.0. The molecule has 6 saturated heterocycles. The molecule has 10 rings (SSSR count). The molecular formula is C57H108N10O8. The number of rotatable bonds is 9. The minimum absolute atomic E-state index is 0.0156. The van der Waals surface area contributed by atoms with Gasteiger partial charge in [0, 0.05) is 128 Å². The summed E-state index contributed by atoms with van der Waals surface area (Å²) in [5, 5.41) is 36.6. The van der Waals surface area contributed by atoms with Crippen LogP contribution in [0, 0.1) is 39.9 Å². The van der Waals surface area contributed by atoms with E-state index in [0.29, 0.717) is 55.2 Å². The van der Waals surface area contributed by atoms with Crippen LogP contribution >= 0.6 is 0 Å². The number of piperazine rings is 4. The van der Waals surface area contributed by atoms with E-state index >= 15 is 0 Å². The van der Waals surface area contributed by atoms with E-state index in [1.54, 1.807) is 0 Å². The van der Waals surface area contributed by atoms with E-state index in [1.807, 2.05) is 33.7 Å². The number of aliphatic hydroxyl groups is 4. The van der Waals surface area contributed by atoms with Crippen molar-refractivity contribution in [3.63, 3.8) is 0 Å². The Hall–Kier alpha value is -2.52. The second-order valence-electron chi connectivity index (χ2n) is 25.5. The van der Waals surface area contributed by atoms with Crippen LogP contribution in [0.5, 0.6) is 0 Å². The fourth-order valence-corrected chi connectivity index (χ4v) is 10.7. The molecule has 0 radical (unpaired) electrons. The van der Waals surface area contributed by atoms with E-state index in [9.17, 15) is 29.4 Å². The standard InChI is InChI=1S/2C10H18N2O2.2C10H18N2O.C9H19NO.C8H17NO/c1-11-4-5-12(6-9(11)7-13)10(14)8-2-3-8;1-11-4-5-12(9(6-11)7-13)10(14)8-2-3-8;1-8-7-9(8)10(13)12-5-3-11(2)4-6-12;1-10(3-4-10)9(13)12-7-5-11(2)6-8-12;1-3-9(8-11)4-6-10(2)7-5-9;1-8(7-10)3-5-9(2)6-4-8/h2*8-9,13H,2-7H2,1H3;8-9H,3-7H2,1-2H3;3-8H2,1-2H3;11H,3-8H2,1-2H3;10H,3-7H2,1-2H3. The van der Waals surface area contributed by atoms with Crippen molar-refractivity contribution in [1.82, 2.24) is 49.0 Å². The molecule has 4 aliphatic carbocycles. The molecule has 4 atom stereocenters. The van der Waals surface area contributed by atoms with E-state index < -0.39 is 0 Å². The van der Waals surface area contributed by atoms with Crippen molar-refractivity contribution in [2.24, 2.45) is 39.9 Å². The summed E-state index contributed by atoms with van der Waals surface area (Å²) in [6, 6.07) is 0.147. The van der Waals surface area contributed by atoms with Crippen LogP contribution in [0.3, 0.4) is 0 Å². The zero-order valence-corrected chi connectivity index (χ0v) is 48.9. The molecule has 6 heterocycles. The van der Waals surface area contributed by atoms with Crippen LogP contribution < -0.4 is 0 Å². The van der Waals surface area contributed by atoms with Gasteiger partial charge in [0.05, 0.1) is 25.3 Å². The van der Waals surface area contributed by atoms with Gasteiger partial charge in [0.2, 0.25) is 23.6 Å². The number of likely N-dealkylation sites (tertiary alicyclic amines) is 2. The number of hydrogen-bond donors (Lipinski definition) is 4. The molecular weight excluding hydrogens is 953 g/mol. The number of amides is 4. The van der Waals surface area contributed by atoms with Crippen molar-refractivity contribution in [2.45, 2.75) is 117 Å². The topological polar surface area (TPSA) is 182 Å². The smallest absolute Gasteiger partial charge is 0.228 e. The molecule has 0 aromatic heterocycles. The fraction of sp³-hybridized carbons (Fsp3) is 0.930. The fourth-order valence-electron chi connectivity index (χ4n) is 10.7. The highest BCUT2D eigenvalue weighted by Crippen LogP contribution is 2.46. The predicted molar refractivity (Wildman–Crippen MR) is 297 cm³/mol. The molecule has 434 valence electrons. The van der Waals surface area contributed by atoms with E-state index in [-0.39, 0.29) is 53.4 Å². The minimum Gasteiger partial charge on any atom is -0.396 e. The zero-order valence-electron chi connectivity index (χ0n) is 48.9.